The van der Waals surface area contributed by atoms with E-state index >= 15 is 0 Å². The summed E-state index contributed by atoms with van der Waals surface area (Å²) in [6.45, 7) is 0. The van der Waals surface area contributed by atoms with Crippen LogP contribution in [0.1, 0.15) is 17.3 Å². The maximum atomic E-state index is 5.63. The molecule has 2 aromatic rings. The average molecular weight is 246 g/mol. The first-order chi connectivity index (χ1) is 8.74. The number of hydrazine groups is 1. The third-order valence-corrected chi connectivity index (χ3v) is 2.99. The van der Waals surface area contributed by atoms with Gasteiger partial charge < -0.3 is 4.74 Å². The Morgan fingerprint density at radius 2 is 2.28 bits per heavy atom. The highest BCUT2D eigenvalue weighted by Crippen LogP contribution is 2.20. The predicted molar refractivity (Wildman–Crippen MR) is 70.0 cm³/mol. The number of rotatable bonds is 5. The van der Waals surface area contributed by atoms with Crippen LogP contribution in [0.25, 0.3) is 0 Å². The standard InChI is InChI=1S/C13H18N4O/c1-17-13(6-7-15-17)12(16-14)9-10-4-3-5-11(8-10)18-2/h3-8,12,16H,9,14H2,1-2H3. The highest BCUT2D eigenvalue weighted by Gasteiger charge is 2.14. The Morgan fingerprint density at radius 3 is 2.89 bits per heavy atom. The summed E-state index contributed by atoms with van der Waals surface area (Å²) in [6.07, 6.45) is 2.55. The topological polar surface area (TPSA) is 65.1 Å². The number of nitrogens with zero attached hydrogens (tertiary/aromatic N) is 2. The summed E-state index contributed by atoms with van der Waals surface area (Å²) in [6, 6.07) is 9.97. The second-order valence-corrected chi connectivity index (χ2v) is 4.15. The molecule has 0 saturated carbocycles. The molecule has 0 aliphatic carbocycles. The number of nitrogens with one attached hydrogen (secondary N) is 1. The molecule has 0 amide bonds. The molecule has 1 aromatic heterocycles. The van der Waals surface area contributed by atoms with Gasteiger partial charge in [-0.25, -0.2) is 0 Å². The monoisotopic (exact) mass is 246 g/mol. The molecule has 1 atom stereocenters. The van der Waals surface area contributed by atoms with Gasteiger partial charge in [-0.2, -0.15) is 5.10 Å². The third kappa shape index (κ3) is 2.69. The molecule has 0 fully saturated rings. The van der Waals surface area contributed by atoms with E-state index in [1.165, 1.54) is 5.56 Å². The normalized spacial score (nSPS) is 12.4. The van der Waals surface area contributed by atoms with Gasteiger partial charge in [-0.05, 0) is 30.2 Å². The molecular formula is C13H18N4O. The van der Waals surface area contributed by atoms with Gasteiger partial charge in [0.25, 0.3) is 0 Å². The molecule has 0 aliphatic rings. The van der Waals surface area contributed by atoms with E-state index in [4.69, 9.17) is 10.6 Å². The number of nitrogens with two attached hydrogens (primary N) is 1. The Hall–Kier alpha value is -1.85. The Morgan fingerprint density at radius 1 is 1.44 bits per heavy atom. The summed E-state index contributed by atoms with van der Waals surface area (Å²) in [5, 5.41) is 4.16. The van der Waals surface area contributed by atoms with Crippen LogP contribution in [0.3, 0.4) is 0 Å². The molecule has 0 aliphatic heterocycles. The first-order valence-electron chi connectivity index (χ1n) is 5.81. The molecule has 96 valence electrons. The first-order valence-corrected chi connectivity index (χ1v) is 5.81. The van der Waals surface area contributed by atoms with Crippen molar-refractivity contribution in [1.82, 2.24) is 15.2 Å². The van der Waals surface area contributed by atoms with Crippen molar-refractivity contribution in [2.24, 2.45) is 12.9 Å². The van der Waals surface area contributed by atoms with E-state index in [1.807, 2.05) is 36.0 Å². The van der Waals surface area contributed by atoms with Crippen LogP contribution in [0.5, 0.6) is 5.75 Å². The molecule has 3 N–H and O–H groups in total. The number of aromatic nitrogens is 2. The van der Waals surface area contributed by atoms with Crippen LogP contribution in [-0.2, 0) is 13.5 Å². The van der Waals surface area contributed by atoms with E-state index in [0.29, 0.717) is 0 Å². The van der Waals surface area contributed by atoms with Crippen molar-refractivity contribution in [2.45, 2.75) is 12.5 Å². The molecule has 0 radical (unpaired) electrons. The van der Waals surface area contributed by atoms with E-state index in [1.54, 1.807) is 13.3 Å². The van der Waals surface area contributed by atoms with Crippen molar-refractivity contribution in [3.05, 3.63) is 47.8 Å². The first kappa shape index (κ1) is 12.6. The van der Waals surface area contributed by atoms with Crippen LogP contribution in [0.2, 0.25) is 0 Å². The summed E-state index contributed by atoms with van der Waals surface area (Å²) < 4.78 is 7.04. The fraction of sp³-hybridized carbons (Fsp3) is 0.308. The minimum absolute atomic E-state index is 0.0320. The van der Waals surface area contributed by atoms with E-state index < -0.39 is 0 Å². The van der Waals surface area contributed by atoms with Crippen molar-refractivity contribution < 1.29 is 4.74 Å². The highest BCUT2D eigenvalue weighted by atomic mass is 16.5. The van der Waals surface area contributed by atoms with Crippen molar-refractivity contribution in [2.75, 3.05) is 7.11 Å². The molecule has 2 rings (SSSR count). The van der Waals surface area contributed by atoms with E-state index in [2.05, 4.69) is 16.6 Å². The summed E-state index contributed by atoms with van der Waals surface area (Å²) >= 11 is 0. The number of hydrogen-bond donors (Lipinski definition) is 2. The fourth-order valence-corrected chi connectivity index (χ4v) is 2.01. The fourth-order valence-electron chi connectivity index (χ4n) is 2.01. The summed E-state index contributed by atoms with van der Waals surface area (Å²) in [5.74, 6) is 6.48. The molecule has 1 heterocycles. The van der Waals surface area contributed by atoms with Gasteiger partial charge in [-0.3, -0.25) is 16.0 Å². The second kappa shape index (κ2) is 5.66. The molecule has 0 saturated heterocycles. The van der Waals surface area contributed by atoms with Gasteiger partial charge in [0.1, 0.15) is 5.75 Å². The van der Waals surface area contributed by atoms with Crippen LogP contribution < -0.4 is 16.0 Å². The number of benzene rings is 1. The predicted octanol–water partition coefficient (Wildman–Crippen LogP) is 1.18. The van der Waals surface area contributed by atoms with Gasteiger partial charge in [0, 0.05) is 13.2 Å². The largest absolute Gasteiger partial charge is 0.497 e. The number of ether oxygens (including phenoxy) is 1. The highest BCUT2D eigenvalue weighted by molar-refractivity contribution is 5.29. The summed E-state index contributed by atoms with van der Waals surface area (Å²) in [7, 11) is 3.57. The number of hydrogen-bond acceptors (Lipinski definition) is 4. The van der Waals surface area contributed by atoms with Gasteiger partial charge in [-0.15, -0.1) is 0 Å². The zero-order valence-electron chi connectivity index (χ0n) is 10.6. The smallest absolute Gasteiger partial charge is 0.119 e. The van der Waals surface area contributed by atoms with E-state index in [9.17, 15) is 0 Å². The van der Waals surface area contributed by atoms with Crippen LogP contribution in [0.4, 0.5) is 0 Å². The van der Waals surface area contributed by atoms with Gasteiger partial charge in [-0.1, -0.05) is 12.1 Å². The zero-order valence-corrected chi connectivity index (χ0v) is 10.6. The number of methoxy groups -OCH3 is 1. The molecule has 18 heavy (non-hydrogen) atoms. The van der Waals surface area contributed by atoms with E-state index in [0.717, 1.165) is 17.9 Å². The van der Waals surface area contributed by atoms with Gasteiger partial charge in [0.15, 0.2) is 0 Å². The van der Waals surface area contributed by atoms with Crippen molar-refractivity contribution in [1.29, 1.82) is 0 Å². The van der Waals surface area contributed by atoms with Crippen molar-refractivity contribution in [3.8, 4) is 5.75 Å². The maximum absolute atomic E-state index is 5.63. The zero-order chi connectivity index (χ0) is 13.0. The van der Waals surface area contributed by atoms with Gasteiger partial charge in [0.2, 0.25) is 0 Å². The number of aryl methyl sites for hydroxylation is 1. The summed E-state index contributed by atoms with van der Waals surface area (Å²) in [5.41, 5.74) is 5.05. The second-order valence-electron chi connectivity index (χ2n) is 4.15. The van der Waals surface area contributed by atoms with E-state index in [-0.39, 0.29) is 6.04 Å². The van der Waals surface area contributed by atoms with Gasteiger partial charge >= 0.3 is 0 Å². The lowest BCUT2D eigenvalue weighted by molar-refractivity contribution is 0.413. The average Bonchev–Trinajstić information content (AvgIpc) is 2.82. The SMILES string of the molecule is COc1cccc(CC(NN)c2ccnn2C)c1. The van der Waals surface area contributed by atoms with Crippen molar-refractivity contribution in [3.63, 3.8) is 0 Å². The molecule has 1 unspecified atom stereocenters. The Kier molecular flexibility index (Phi) is 3.96. The molecular weight excluding hydrogens is 228 g/mol. The lowest BCUT2D eigenvalue weighted by atomic mass is 10.0. The minimum atomic E-state index is 0.0320. The van der Waals surface area contributed by atoms with Gasteiger partial charge in [0.05, 0.1) is 18.8 Å². The Labute approximate surface area is 107 Å². The quantitative estimate of drug-likeness (QED) is 0.614. The molecule has 1 aromatic carbocycles. The maximum Gasteiger partial charge on any atom is 0.119 e. The Bertz CT molecular complexity index is 509. The summed E-state index contributed by atoms with van der Waals surface area (Å²) in [4.78, 5) is 0. The molecule has 5 nitrogen and oxygen atoms in total. The lowest BCUT2D eigenvalue weighted by Crippen LogP contribution is -2.31. The van der Waals surface area contributed by atoms with Crippen LogP contribution in [0.15, 0.2) is 36.5 Å². The third-order valence-electron chi connectivity index (χ3n) is 2.99. The van der Waals surface area contributed by atoms with Crippen LogP contribution in [0, 0.1) is 0 Å². The Balaban J connectivity index is 2.18. The molecule has 0 bridgehead atoms. The van der Waals surface area contributed by atoms with Crippen molar-refractivity contribution >= 4 is 0 Å². The molecule has 5 heteroatoms. The molecule has 0 spiro atoms. The van der Waals surface area contributed by atoms with Crippen LogP contribution >= 0.6 is 0 Å². The lowest BCUT2D eigenvalue weighted by Gasteiger charge is -2.16. The van der Waals surface area contributed by atoms with Crippen LogP contribution in [-0.4, -0.2) is 16.9 Å². The minimum Gasteiger partial charge on any atom is -0.497 e.